The lowest BCUT2D eigenvalue weighted by Gasteiger charge is -2.46. The molecule has 2 saturated carbocycles. The lowest BCUT2D eigenvalue weighted by molar-refractivity contribution is -0.145. The molecule has 11 nitrogen and oxygen atoms in total. The second-order valence-corrected chi connectivity index (χ2v) is 17.1. The Bertz CT molecular complexity index is 2090. The average Bonchev–Trinajstić information content (AvgIpc) is 3.76. The number of benzene rings is 1. The van der Waals surface area contributed by atoms with Gasteiger partial charge in [0.05, 0.1) is 46.9 Å². The zero-order valence-electron chi connectivity index (χ0n) is 31.1. The van der Waals surface area contributed by atoms with Gasteiger partial charge in [-0.05, 0) is 102 Å². The Morgan fingerprint density at radius 3 is 2.47 bits per heavy atom. The smallest absolute Gasteiger partial charge is 0.238 e. The molecule has 53 heavy (non-hydrogen) atoms. The molecule has 2 N–H and O–H groups in total. The minimum Gasteiger partial charge on any atom is -0.395 e. The number of halogens is 1. The van der Waals surface area contributed by atoms with Gasteiger partial charge in [0.15, 0.2) is 11.6 Å². The van der Waals surface area contributed by atoms with Gasteiger partial charge in [0, 0.05) is 61.8 Å². The van der Waals surface area contributed by atoms with Crippen molar-refractivity contribution in [2.45, 2.75) is 89.8 Å². The molecule has 278 valence electrons. The number of piperidine rings is 1. The van der Waals surface area contributed by atoms with Crippen LogP contribution < -0.4 is 10.2 Å². The first-order chi connectivity index (χ1) is 25.5. The van der Waals surface area contributed by atoms with Crippen LogP contribution >= 0.6 is 0 Å². The molecule has 12 heteroatoms. The van der Waals surface area contributed by atoms with Gasteiger partial charge in [-0.15, -0.1) is 0 Å². The molecule has 3 aliphatic heterocycles. The molecule has 0 bridgehead atoms. The van der Waals surface area contributed by atoms with Crippen LogP contribution in [0.4, 0.5) is 21.6 Å². The summed E-state index contributed by atoms with van der Waals surface area (Å²) in [5, 5.41) is 13.1. The van der Waals surface area contributed by atoms with Gasteiger partial charge in [0.1, 0.15) is 5.52 Å². The summed E-state index contributed by atoms with van der Waals surface area (Å²) in [6, 6.07) is 10.5. The number of carbonyl (C=O) groups is 2. The summed E-state index contributed by atoms with van der Waals surface area (Å²) in [6.07, 6.45) is 10.2. The maximum atomic E-state index is 14.9. The fourth-order valence-electron chi connectivity index (χ4n) is 9.64. The molecule has 0 unspecified atom stereocenters. The Kier molecular flexibility index (Phi) is 8.16. The van der Waals surface area contributed by atoms with Crippen LogP contribution in [0.1, 0.15) is 77.8 Å². The van der Waals surface area contributed by atoms with Crippen LogP contribution in [-0.4, -0.2) is 91.1 Å². The van der Waals surface area contributed by atoms with Crippen molar-refractivity contribution >= 4 is 40.0 Å². The van der Waals surface area contributed by atoms with E-state index < -0.39 is 16.6 Å². The number of hydrogen-bond donors (Lipinski definition) is 2. The largest absolute Gasteiger partial charge is 0.395 e. The molecule has 2 amide bonds. The predicted octanol–water partition coefficient (Wildman–Crippen LogP) is 6.06. The zero-order valence-corrected chi connectivity index (χ0v) is 31.1. The van der Waals surface area contributed by atoms with Crippen LogP contribution in [0.25, 0.3) is 22.3 Å². The van der Waals surface area contributed by atoms with Crippen molar-refractivity contribution in [1.29, 1.82) is 0 Å². The quantitative estimate of drug-likeness (QED) is 0.226. The number of carbonyl (C=O) groups excluding carboxylic acids is 2. The first-order valence-electron chi connectivity index (χ1n) is 19.3. The highest BCUT2D eigenvalue weighted by molar-refractivity contribution is 6.09. The fraction of sp³-hybridized carbons (Fsp3) is 0.537. The fourth-order valence-corrected chi connectivity index (χ4v) is 9.64. The van der Waals surface area contributed by atoms with Crippen LogP contribution in [0.5, 0.6) is 0 Å². The number of hydrogen-bond acceptors (Lipinski definition) is 8. The number of amides is 2. The molecular weight excluding hydrogens is 672 g/mol. The number of fused-ring (bicyclic) bond motifs is 4. The van der Waals surface area contributed by atoms with Gasteiger partial charge in [-0.1, -0.05) is 12.1 Å². The molecule has 0 radical (unpaired) electrons. The number of nitrogens with zero attached hydrogens (tertiary/aromatic N) is 7. The van der Waals surface area contributed by atoms with Gasteiger partial charge in [-0.25, -0.2) is 14.4 Å². The van der Waals surface area contributed by atoms with Crippen molar-refractivity contribution in [1.82, 2.24) is 29.3 Å². The summed E-state index contributed by atoms with van der Waals surface area (Å²) >= 11 is 0. The minimum atomic E-state index is -0.866. The van der Waals surface area contributed by atoms with Crippen molar-refractivity contribution in [2.24, 2.45) is 17.3 Å². The third-order valence-electron chi connectivity index (χ3n) is 13.2. The summed E-state index contributed by atoms with van der Waals surface area (Å²) in [4.78, 5) is 48.6. The second kappa shape index (κ2) is 12.6. The highest BCUT2D eigenvalue weighted by atomic mass is 19.1. The highest BCUT2D eigenvalue weighted by Gasteiger charge is 2.57. The number of aromatic nitrogens is 4. The van der Waals surface area contributed by atoms with Gasteiger partial charge < -0.3 is 24.8 Å². The number of anilines is 3. The minimum absolute atomic E-state index is 0.0772. The summed E-state index contributed by atoms with van der Waals surface area (Å²) in [6.45, 7) is 10.8. The lowest BCUT2D eigenvalue weighted by atomic mass is 9.73. The molecule has 6 heterocycles. The van der Waals surface area contributed by atoms with Crippen molar-refractivity contribution in [3.63, 3.8) is 0 Å². The number of pyridine rings is 2. The van der Waals surface area contributed by atoms with Crippen molar-refractivity contribution in [3.05, 3.63) is 60.4 Å². The Morgan fingerprint density at radius 1 is 1.08 bits per heavy atom. The maximum absolute atomic E-state index is 14.9. The molecule has 2 saturated heterocycles. The Balaban J connectivity index is 1.08. The Hall–Kier alpha value is -4.42. The molecular formula is C41H49FN8O3. The molecule has 1 aromatic carbocycles. The van der Waals surface area contributed by atoms with E-state index in [1.165, 1.54) is 32.1 Å². The summed E-state index contributed by atoms with van der Waals surface area (Å²) in [5.41, 5.74) is 3.66. The highest BCUT2D eigenvalue weighted by Crippen LogP contribution is 2.53. The average molecular weight is 721 g/mol. The molecule has 5 aliphatic rings. The van der Waals surface area contributed by atoms with E-state index in [0.717, 1.165) is 52.5 Å². The molecule has 3 aromatic heterocycles. The number of nitrogens with one attached hydrogen (secondary N) is 1. The first kappa shape index (κ1) is 34.4. The topological polar surface area (TPSA) is 120 Å². The van der Waals surface area contributed by atoms with Crippen LogP contribution in [0.15, 0.2) is 49.1 Å². The van der Waals surface area contributed by atoms with Gasteiger partial charge in [-0.3, -0.25) is 19.5 Å². The third kappa shape index (κ3) is 5.46. The third-order valence-corrected chi connectivity index (χ3v) is 13.2. The lowest BCUT2D eigenvalue weighted by Crippen LogP contribution is -2.58. The maximum Gasteiger partial charge on any atom is 0.238 e. The van der Waals surface area contributed by atoms with Crippen molar-refractivity contribution in [3.8, 4) is 11.3 Å². The molecule has 4 aromatic rings. The molecule has 2 aliphatic carbocycles. The second-order valence-electron chi connectivity index (χ2n) is 17.1. The summed E-state index contributed by atoms with van der Waals surface area (Å²) in [7, 11) is 0. The molecule has 1 spiro atoms. The van der Waals surface area contributed by atoms with E-state index in [1.807, 2.05) is 21.6 Å². The number of aliphatic hydroxyl groups excluding tert-OH is 1. The van der Waals surface area contributed by atoms with Crippen LogP contribution in [0.3, 0.4) is 0 Å². The Labute approximate surface area is 309 Å². The predicted molar refractivity (Wildman–Crippen MR) is 201 cm³/mol. The van der Waals surface area contributed by atoms with Crippen LogP contribution in [0, 0.1) is 23.1 Å². The molecule has 4 fully saturated rings. The normalized spacial score (nSPS) is 25.2. The summed E-state index contributed by atoms with van der Waals surface area (Å²) < 4.78 is 16.9. The molecule has 2 atom stereocenters. The Morgan fingerprint density at radius 2 is 1.81 bits per heavy atom. The van der Waals surface area contributed by atoms with Crippen LogP contribution in [0.2, 0.25) is 0 Å². The number of aliphatic hydroxyl groups is 1. The first-order valence-corrected chi connectivity index (χ1v) is 19.3. The SMILES string of the molecule is CC(C)n1cnc2cc(-c3ccc4c(c3)N(C3CC(N5C[C@H]6CC[C@H]6C5)C3)C(=O)C43CCN(C(=O)C(C)(C)CO)CC3)nc(Nc3ccncc3F)c21. The number of likely N-dealkylation sites (tertiary alicyclic amines) is 2. The monoisotopic (exact) mass is 720 g/mol. The summed E-state index contributed by atoms with van der Waals surface area (Å²) in [5.74, 6) is 1.77. The van der Waals surface area contributed by atoms with Gasteiger partial charge >= 0.3 is 0 Å². The van der Waals surface area contributed by atoms with E-state index in [9.17, 15) is 19.1 Å². The number of imidazole rings is 1. The zero-order chi connectivity index (χ0) is 36.8. The number of rotatable bonds is 8. The van der Waals surface area contributed by atoms with E-state index in [2.05, 4.69) is 46.1 Å². The molecule has 9 rings (SSSR count). The van der Waals surface area contributed by atoms with E-state index >= 15 is 0 Å². The van der Waals surface area contributed by atoms with Crippen LogP contribution in [-0.2, 0) is 15.0 Å². The van der Waals surface area contributed by atoms with Gasteiger partial charge in [-0.2, -0.15) is 0 Å². The van der Waals surface area contributed by atoms with E-state index in [4.69, 9.17) is 9.97 Å². The van der Waals surface area contributed by atoms with Gasteiger partial charge in [0.25, 0.3) is 0 Å². The van der Waals surface area contributed by atoms with E-state index in [0.29, 0.717) is 43.5 Å². The van der Waals surface area contributed by atoms with Crippen molar-refractivity contribution in [2.75, 3.05) is 43.0 Å². The van der Waals surface area contributed by atoms with E-state index in [-0.39, 0.29) is 36.2 Å². The van der Waals surface area contributed by atoms with E-state index in [1.54, 1.807) is 32.4 Å². The van der Waals surface area contributed by atoms with Crippen molar-refractivity contribution < 1.29 is 19.1 Å². The standard InChI is InChI=1S/C41H49FN8O3/c1-24(2)49-23-44-34-18-33(46-37(36(34)49)45-32-9-12-43-19-31(32)42)25-7-8-30-35(15-25)50(29-16-28(17-29)48-20-26-5-6-27(26)21-48)39(53)41(30)10-13-47(14-11-41)38(52)40(3,4)22-51/h7-9,12,15,18-19,23-24,26-29,51H,5-6,10-11,13-14,16-17,20-22H2,1-4H3,(H,43,45,46)/t26-,27+,28?,29?. The van der Waals surface area contributed by atoms with Gasteiger partial charge in [0.2, 0.25) is 11.8 Å².